The van der Waals surface area contributed by atoms with Crippen LogP contribution in [0.2, 0.25) is 0 Å². The Hall–Kier alpha value is -3.13. The normalized spacial score (nSPS) is 19.1. The summed E-state index contributed by atoms with van der Waals surface area (Å²) in [6.07, 6.45) is 3.95. The van der Waals surface area contributed by atoms with Crippen LogP contribution in [0.1, 0.15) is 50.8 Å². The number of ether oxygens (including phenoxy) is 1. The molecule has 1 aromatic heterocycles. The average Bonchev–Trinajstić information content (AvgIpc) is 2.83. The van der Waals surface area contributed by atoms with Crippen molar-refractivity contribution >= 4 is 23.3 Å². The first-order valence-corrected chi connectivity index (χ1v) is 11.9. The van der Waals surface area contributed by atoms with Gasteiger partial charge in [0.2, 0.25) is 0 Å². The fourth-order valence-corrected chi connectivity index (χ4v) is 4.09. The number of hydrogen-bond acceptors (Lipinski definition) is 6. The lowest BCUT2D eigenvalue weighted by Crippen LogP contribution is -2.46. The maximum Gasteiger partial charge on any atom is 0.313 e. The zero-order valence-corrected chi connectivity index (χ0v) is 20.9. The van der Waals surface area contributed by atoms with Crippen molar-refractivity contribution in [3.05, 3.63) is 47.7 Å². The van der Waals surface area contributed by atoms with Gasteiger partial charge in [0, 0.05) is 12.6 Å². The monoisotopic (exact) mass is 467 g/mol. The van der Waals surface area contributed by atoms with Crippen molar-refractivity contribution in [3.8, 4) is 5.75 Å². The first kappa shape index (κ1) is 25.5. The van der Waals surface area contributed by atoms with Crippen molar-refractivity contribution < 1.29 is 14.3 Å². The number of nitrogens with two attached hydrogens (primary N) is 1. The van der Waals surface area contributed by atoms with Crippen LogP contribution >= 0.6 is 0 Å². The van der Waals surface area contributed by atoms with E-state index in [0.717, 1.165) is 29.7 Å². The van der Waals surface area contributed by atoms with Crippen LogP contribution in [-0.2, 0) is 16.0 Å². The van der Waals surface area contributed by atoms with Gasteiger partial charge in [-0.2, -0.15) is 0 Å². The van der Waals surface area contributed by atoms with E-state index in [4.69, 9.17) is 10.5 Å². The van der Waals surface area contributed by atoms with E-state index in [9.17, 15) is 9.59 Å². The van der Waals surface area contributed by atoms with Gasteiger partial charge in [-0.05, 0) is 75.5 Å². The van der Waals surface area contributed by atoms with E-state index in [1.165, 1.54) is 6.20 Å². The number of nitrogen functional groups attached to an aromatic ring is 1. The van der Waals surface area contributed by atoms with Gasteiger partial charge in [0.15, 0.2) is 0 Å². The van der Waals surface area contributed by atoms with Gasteiger partial charge in [-0.1, -0.05) is 26.0 Å². The van der Waals surface area contributed by atoms with Gasteiger partial charge in [0.1, 0.15) is 18.2 Å². The van der Waals surface area contributed by atoms with Crippen LogP contribution in [0, 0.1) is 5.92 Å². The third kappa shape index (κ3) is 6.26. The van der Waals surface area contributed by atoms with Crippen LogP contribution < -0.4 is 15.8 Å². The molecule has 8 nitrogen and oxygen atoms in total. The number of aryl methyl sites for hydroxylation is 1. The highest BCUT2D eigenvalue weighted by Crippen LogP contribution is 2.35. The summed E-state index contributed by atoms with van der Waals surface area (Å²) in [4.78, 5) is 34.1. The topological polar surface area (TPSA) is 101 Å². The molecule has 1 fully saturated rings. The number of anilines is 2. The van der Waals surface area contributed by atoms with E-state index in [1.54, 1.807) is 11.0 Å². The maximum absolute atomic E-state index is 13.3. The highest BCUT2D eigenvalue weighted by atomic mass is 16.5. The molecule has 0 bridgehead atoms. The number of carbonyl (C=O) groups excluding carboxylic acids is 2. The summed E-state index contributed by atoms with van der Waals surface area (Å²) >= 11 is 0. The fraction of sp³-hybridized carbons (Fsp3) is 0.500. The van der Waals surface area contributed by atoms with Crippen LogP contribution in [-0.4, -0.2) is 59.9 Å². The smallest absolute Gasteiger partial charge is 0.313 e. The molecule has 0 spiro atoms. The number of aromatic nitrogens is 1. The van der Waals surface area contributed by atoms with Crippen molar-refractivity contribution in [2.75, 3.05) is 38.3 Å². The maximum atomic E-state index is 13.3. The second kappa shape index (κ2) is 11.3. The van der Waals surface area contributed by atoms with Crippen molar-refractivity contribution in [1.82, 2.24) is 14.8 Å². The number of hydrogen-bond donors (Lipinski definition) is 2. The summed E-state index contributed by atoms with van der Waals surface area (Å²) in [7, 11) is 4.04. The number of likely N-dealkylation sites (N-methyl/N-ethyl adjacent to an activating group) is 1. The predicted molar refractivity (Wildman–Crippen MR) is 135 cm³/mol. The number of pyridine rings is 1. The van der Waals surface area contributed by atoms with E-state index in [-0.39, 0.29) is 12.1 Å². The Kier molecular flexibility index (Phi) is 8.50. The number of nitrogens with one attached hydrogen (secondary N) is 1. The minimum Gasteiger partial charge on any atom is -0.492 e. The van der Waals surface area contributed by atoms with Gasteiger partial charge in [0.25, 0.3) is 0 Å². The van der Waals surface area contributed by atoms with Crippen LogP contribution in [0.15, 0.2) is 36.5 Å². The fourth-order valence-electron chi connectivity index (χ4n) is 4.09. The lowest BCUT2D eigenvalue weighted by molar-refractivity contribution is -0.146. The van der Waals surface area contributed by atoms with Gasteiger partial charge in [-0.15, -0.1) is 0 Å². The molecular formula is C26H37N5O3. The molecule has 1 aliphatic rings. The van der Waals surface area contributed by atoms with E-state index in [1.807, 2.05) is 45.3 Å². The molecule has 0 aliphatic carbocycles. The molecule has 2 amide bonds. The molecule has 3 rings (SSSR count). The van der Waals surface area contributed by atoms with Gasteiger partial charge >= 0.3 is 11.8 Å². The summed E-state index contributed by atoms with van der Waals surface area (Å²) in [5, 5.41) is 2.70. The molecule has 3 N–H and O–H groups in total. The molecule has 184 valence electrons. The van der Waals surface area contributed by atoms with Crippen LogP contribution in [0.25, 0.3) is 0 Å². The minimum atomic E-state index is -0.667. The van der Waals surface area contributed by atoms with Crippen LogP contribution in [0.3, 0.4) is 0 Å². The quantitative estimate of drug-likeness (QED) is 0.605. The highest BCUT2D eigenvalue weighted by molar-refractivity contribution is 6.39. The number of benzene rings is 1. The Morgan fingerprint density at radius 3 is 2.76 bits per heavy atom. The van der Waals surface area contributed by atoms with Gasteiger partial charge in [-0.3, -0.25) is 9.59 Å². The van der Waals surface area contributed by atoms with Crippen molar-refractivity contribution in [2.24, 2.45) is 5.92 Å². The molecule has 1 saturated heterocycles. The summed E-state index contributed by atoms with van der Waals surface area (Å²) in [6.45, 7) is 7.26. The second-order valence-corrected chi connectivity index (χ2v) is 9.43. The van der Waals surface area contributed by atoms with Crippen molar-refractivity contribution in [2.45, 2.75) is 52.1 Å². The first-order chi connectivity index (χ1) is 16.2. The van der Waals surface area contributed by atoms with Crippen LogP contribution in [0.5, 0.6) is 5.75 Å². The summed E-state index contributed by atoms with van der Waals surface area (Å²) < 4.78 is 5.99. The van der Waals surface area contributed by atoms with Crippen molar-refractivity contribution in [3.63, 3.8) is 0 Å². The molecule has 3 atom stereocenters. The third-order valence-corrected chi connectivity index (χ3v) is 6.53. The lowest BCUT2D eigenvalue weighted by Gasteiger charge is -2.38. The summed E-state index contributed by atoms with van der Waals surface area (Å²) in [5.74, 6) is 0.303. The van der Waals surface area contributed by atoms with Crippen LogP contribution in [0.4, 0.5) is 11.5 Å². The zero-order chi connectivity index (χ0) is 24.8. The van der Waals surface area contributed by atoms with Gasteiger partial charge < -0.3 is 25.6 Å². The summed E-state index contributed by atoms with van der Waals surface area (Å²) in [5.41, 5.74) is 8.13. The average molecular weight is 468 g/mol. The number of carbonyl (C=O) groups is 2. The number of likely N-dealkylation sites (tertiary alicyclic amines) is 1. The molecule has 0 radical (unpaired) electrons. The van der Waals surface area contributed by atoms with E-state index < -0.39 is 11.8 Å². The van der Waals surface area contributed by atoms with E-state index in [2.05, 4.69) is 29.0 Å². The Balaban J connectivity index is 1.76. The largest absolute Gasteiger partial charge is 0.492 e. The molecule has 8 heteroatoms. The molecule has 2 heterocycles. The molecule has 1 aliphatic heterocycles. The van der Waals surface area contributed by atoms with E-state index >= 15 is 0 Å². The highest BCUT2D eigenvalue weighted by Gasteiger charge is 2.34. The summed E-state index contributed by atoms with van der Waals surface area (Å²) in [6, 6.07) is 9.71. The second-order valence-electron chi connectivity index (χ2n) is 9.43. The SMILES string of the molecule is CCc1cc(NC(=O)C(=O)N2C[C@@H](C)CC[C@@H]2c2cccc(OC[C@H](C)N(C)C)c2)cnc1N. The van der Waals surface area contributed by atoms with E-state index in [0.29, 0.717) is 37.0 Å². The Morgan fingerprint density at radius 1 is 1.29 bits per heavy atom. The molecule has 1 aromatic carbocycles. The standard InChI is InChI=1S/C26H37N5O3/c1-6-19-12-21(14-28-24(19)27)29-25(32)26(33)31-15-17(2)10-11-23(31)20-8-7-9-22(13-20)34-16-18(3)30(4)5/h7-9,12-14,17-18,23H,6,10-11,15-16H2,1-5H3,(H2,27,28)(H,29,32)/t17-,18-,23+/m0/s1. The Labute approximate surface area is 202 Å². The molecular weight excluding hydrogens is 430 g/mol. The van der Waals surface area contributed by atoms with Gasteiger partial charge in [0.05, 0.1) is 17.9 Å². The third-order valence-electron chi connectivity index (χ3n) is 6.53. The predicted octanol–water partition coefficient (Wildman–Crippen LogP) is 3.49. The van der Waals surface area contributed by atoms with Gasteiger partial charge in [-0.25, -0.2) is 4.98 Å². The molecule has 0 saturated carbocycles. The van der Waals surface area contributed by atoms with Crippen molar-refractivity contribution in [1.29, 1.82) is 0 Å². The lowest BCUT2D eigenvalue weighted by atomic mass is 9.89. The molecule has 0 unspecified atom stereocenters. The minimum absolute atomic E-state index is 0.181. The molecule has 34 heavy (non-hydrogen) atoms. The number of amides is 2. The number of rotatable bonds is 7. The molecule has 2 aromatic rings. The first-order valence-electron chi connectivity index (χ1n) is 11.9. The Morgan fingerprint density at radius 2 is 2.06 bits per heavy atom. The zero-order valence-electron chi connectivity index (χ0n) is 20.9. The Bertz CT molecular complexity index is 1010. The number of piperidine rings is 1. The number of nitrogens with zero attached hydrogens (tertiary/aromatic N) is 3.